The first kappa shape index (κ1) is 14.8. The Labute approximate surface area is 118 Å². The minimum absolute atomic E-state index is 0.115. The molecular weight excluding hydrogens is 260 g/mol. The van der Waals surface area contributed by atoms with Crippen LogP contribution >= 0.6 is 0 Å². The van der Waals surface area contributed by atoms with Gasteiger partial charge in [0.05, 0.1) is 11.8 Å². The van der Waals surface area contributed by atoms with Crippen LogP contribution in [0.3, 0.4) is 0 Å². The Bertz CT molecular complexity index is 440. The largest absolute Gasteiger partial charge is 0.444 e. The van der Waals surface area contributed by atoms with Crippen LogP contribution in [0.5, 0.6) is 0 Å². The van der Waals surface area contributed by atoms with Gasteiger partial charge in [-0.05, 0) is 26.2 Å². The highest BCUT2D eigenvalue weighted by Crippen LogP contribution is 2.63. The van der Waals surface area contributed by atoms with Gasteiger partial charge in [0.1, 0.15) is 5.60 Å². The summed E-state index contributed by atoms with van der Waals surface area (Å²) >= 11 is 0. The zero-order chi connectivity index (χ0) is 15.3. The molecule has 3 amide bonds. The Morgan fingerprint density at radius 3 is 2.20 bits per heavy atom. The van der Waals surface area contributed by atoms with Crippen LogP contribution < -0.4 is 5.32 Å². The van der Waals surface area contributed by atoms with Crippen molar-refractivity contribution in [2.24, 2.45) is 17.3 Å². The highest BCUT2D eigenvalue weighted by molar-refractivity contribution is 6.10. The first-order valence-electron chi connectivity index (χ1n) is 6.88. The number of imide groups is 1. The lowest BCUT2D eigenvalue weighted by Gasteiger charge is -2.22. The smallest absolute Gasteiger partial charge is 0.407 e. The standard InChI is InChI=1S/C14H22N2O4/c1-13(2,3)20-12(19)15-6-7-16-10(17)8-9(11(16)18)14(8,4)5/h8-9H,6-7H2,1-5H3,(H,15,19). The van der Waals surface area contributed by atoms with Crippen molar-refractivity contribution in [1.29, 1.82) is 0 Å². The molecule has 0 bridgehead atoms. The molecule has 6 heteroatoms. The van der Waals surface area contributed by atoms with Crippen LogP contribution in [0.15, 0.2) is 0 Å². The normalized spacial score (nSPS) is 27.4. The molecule has 6 nitrogen and oxygen atoms in total. The minimum atomic E-state index is -0.560. The Kier molecular flexibility index (Phi) is 3.31. The molecule has 1 saturated carbocycles. The molecule has 0 aromatic rings. The summed E-state index contributed by atoms with van der Waals surface area (Å²) in [6, 6.07) is 0. The van der Waals surface area contributed by atoms with Gasteiger partial charge >= 0.3 is 6.09 Å². The molecule has 20 heavy (non-hydrogen) atoms. The molecule has 112 valence electrons. The summed E-state index contributed by atoms with van der Waals surface area (Å²) in [5.74, 6) is -0.569. The second-order valence-electron chi connectivity index (χ2n) is 7.03. The van der Waals surface area contributed by atoms with Crippen molar-refractivity contribution >= 4 is 17.9 Å². The fourth-order valence-corrected chi connectivity index (χ4v) is 2.81. The predicted molar refractivity (Wildman–Crippen MR) is 71.7 cm³/mol. The van der Waals surface area contributed by atoms with E-state index in [1.54, 1.807) is 20.8 Å². The Balaban J connectivity index is 1.78. The summed E-state index contributed by atoms with van der Waals surface area (Å²) in [7, 11) is 0. The van der Waals surface area contributed by atoms with Crippen molar-refractivity contribution in [2.75, 3.05) is 13.1 Å². The van der Waals surface area contributed by atoms with Crippen molar-refractivity contribution in [3.63, 3.8) is 0 Å². The monoisotopic (exact) mass is 282 g/mol. The molecule has 2 aliphatic rings. The fourth-order valence-electron chi connectivity index (χ4n) is 2.81. The number of carbonyl (C=O) groups is 3. The molecule has 1 heterocycles. The molecule has 1 N–H and O–H groups in total. The van der Waals surface area contributed by atoms with E-state index < -0.39 is 11.7 Å². The Hall–Kier alpha value is -1.59. The molecule has 1 aliphatic carbocycles. The molecule has 2 unspecified atom stereocenters. The number of carbonyl (C=O) groups excluding carboxylic acids is 3. The molecule has 2 atom stereocenters. The zero-order valence-corrected chi connectivity index (χ0v) is 12.6. The van der Waals surface area contributed by atoms with Gasteiger partial charge in [0, 0.05) is 13.1 Å². The number of rotatable bonds is 3. The Morgan fingerprint density at radius 1 is 1.25 bits per heavy atom. The number of amides is 3. The highest BCUT2D eigenvalue weighted by Gasteiger charge is 2.72. The maximum absolute atomic E-state index is 12.0. The molecule has 0 aromatic carbocycles. The zero-order valence-electron chi connectivity index (χ0n) is 12.6. The summed E-state index contributed by atoms with van der Waals surface area (Å²) in [5, 5.41) is 2.55. The van der Waals surface area contributed by atoms with Crippen LogP contribution in [-0.4, -0.2) is 41.5 Å². The van der Waals surface area contributed by atoms with Crippen molar-refractivity contribution in [3.05, 3.63) is 0 Å². The molecule has 0 spiro atoms. The second kappa shape index (κ2) is 4.46. The first-order valence-corrected chi connectivity index (χ1v) is 6.88. The maximum Gasteiger partial charge on any atom is 0.407 e. The van der Waals surface area contributed by atoms with E-state index in [1.165, 1.54) is 4.90 Å². The van der Waals surface area contributed by atoms with E-state index in [0.29, 0.717) is 0 Å². The van der Waals surface area contributed by atoms with Crippen molar-refractivity contribution < 1.29 is 19.1 Å². The lowest BCUT2D eigenvalue weighted by Crippen LogP contribution is -2.42. The van der Waals surface area contributed by atoms with Crippen LogP contribution in [0.25, 0.3) is 0 Å². The third-order valence-corrected chi connectivity index (χ3v) is 3.90. The lowest BCUT2D eigenvalue weighted by atomic mass is 10.1. The Morgan fingerprint density at radius 2 is 1.75 bits per heavy atom. The van der Waals surface area contributed by atoms with Crippen LogP contribution in [0.1, 0.15) is 34.6 Å². The highest BCUT2D eigenvalue weighted by atomic mass is 16.6. The van der Waals surface area contributed by atoms with Crippen molar-refractivity contribution in [3.8, 4) is 0 Å². The number of hydrogen-bond donors (Lipinski definition) is 1. The van der Waals surface area contributed by atoms with E-state index in [1.807, 2.05) is 13.8 Å². The number of nitrogens with one attached hydrogen (secondary N) is 1. The van der Waals surface area contributed by atoms with Gasteiger partial charge in [-0.25, -0.2) is 4.79 Å². The van der Waals surface area contributed by atoms with Gasteiger partial charge in [-0.15, -0.1) is 0 Å². The van der Waals surface area contributed by atoms with E-state index in [4.69, 9.17) is 4.74 Å². The first-order chi connectivity index (χ1) is 9.05. The van der Waals surface area contributed by atoms with Gasteiger partial charge in [0.15, 0.2) is 0 Å². The van der Waals surface area contributed by atoms with Gasteiger partial charge in [0.25, 0.3) is 0 Å². The number of piperidine rings is 1. The molecule has 1 aliphatic heterocycles. The molecular formula is C14H22N2O4. The topological polar surface area (TPSA) is 75.7 Å². The van der Waals surface area contributed by atoms with Crippen molar-refractivity contribution in [2.45, 2.75) is 40.2 Å². The predicted octanol–water partition coefficient (Wildman–Crippen LogP) is 1.15. The number of alkyl carbamates (subject to hydrolysis) is 1. The van der Waals surface area contributed by atoms with Gasteiger partial charge in [0.2, 0.25) is 11.8 Å². The summed E-state index contributed by atoms with van der Waals surface area (Å²) < 4.78 is 5.08. The van der Waals surface area contributed by atoms with E-state index in [-0.39, 0.29) is 42.2 Å². The SMILES string of the molecule is CC(C)(C)OC(=O)NCCN1C(=O)C2C(C1=O)C2(C)C. The summed E-state index contributed by atoms with van der Waals surface area (Å²) in [6.07, 6.45) is -0.540. The van der Waals surface area contributed by atoms with E-state index in [2.05, 4.69) is 5.32 Å². The van der Waals surface area contributed by atoms with E-state index in [0.717, 1.165) is 0 Å². The lowest BCUT2D eigenvalue weighted by molar-refractivity contribution is -0.142. The third kappa shape index (κ3) is 2.51. The fraction of sp³-hybridized carbons (Fsp3) is 0.786. The molecule has 0 radical (unpaired) electrons. The number of likely N-dealkylation sites (tertiary alicyclic amines) is 1. The van der Waals surface area contributed by atoms with E-state index >= 15 is 0 Å². The van der Waals surface area contributed by atoms with Gasteiger partial charge in [-0.2, -0.15) is 0 Å². The number of hydrogen-bond acceptors (Lipinski definition) is 4. The van der Waals surface area contributed by atoms with Gasteiger partial charge in [-0.3, -0.25) is 14.5 Å². The molecule has 1 saturated heterocycles. The van der Waals surface area contributed by atoms with E-state index in [9.17, 15) is 14.4 Å². The van der Waals surface area contributed by atoms with Crippen molar-refractivity contribution in [1.82, 2.24) is 10.2 Å². The molecule has 2 rings (SSSR count). The minimum Gasteiger partial charge on any atom is -0.444 e. The average Bonchev–Trinajstić information content (AvgIpc) is 2.72. The van der Waals surface area contributed by atoms with Crippen LogP contribution in [-0.2, 0) is 14.3 Å². The number of ether oxygens (including phenoxy) is 1. The third-order valence-electron chi connectivity index (χ3n) is 3.90. The van der Waals surface area contributed by atoms with Gasteiger partial charge < -0.3 is 10.1 Å². The second-order valence-corrected chi connectivity index (χ2v) is 7.03. The number of fused-ring (bicyclic) bond motifs is 1. The average molecular weight is 282 g/mol. The molecule has 2 fully saturated rings. The van der Waals surface area contributed by atoms with Gasteiger partial charge in [-0.1, -0.05) is 13.8 Å². The van der Waals surface area contributed by atoms with Crippen LogP contribution in [0.4, 0.5) is 4.79 Å². The summed E-state index contributed by atoms with van der Waals surface area (Å²) in [6.45, 7) is 9.62. The number of nitrogens with zero attached hydrogens (tertiary/aromatic N) is 1. The quantitative estimate of drug-likeness (QED) is 0.788. The summed E-state index contributed by atoms with van der Waals surface area (Å²) in [5.41, 5.74) is -0.752. The maximum atomic E-state index is 12.0. The summed E-state index contributed by atoms with van der Waals surface area (Å²) in [4.78, 5) is 36.8. The van der Waals surface area contributed by atoms with Crippen LogP contribution in [0.2, 0.25) is 0 Å². The molecule has 0 aromatic heterocycles. The van der Waals surface area contributed by atoms with Crippen LogP contribution in [0, 0.1) is 17.3 Å².